The first-order valence-electron chi connectivity index (χ1n) is 6.58. The Labute approximate surface area is 117 Å². The molecule has 0 bridgehead atoms. The zero-order chi connectivity index (χ0) is 14.9. The van der Waals surface area contributed by atoms with Crippen LogP contribution in [0.3, 0.4) is 0 Å². The molecule has 1 amide bonds. The molecule has 1 fully saturated rings. The summed E-state index contributed by atoms with van der Waals surface area (Å²) in [6.45, 7) is 6.40. The van der Waals surface area contributed by atoms with E-state index in [9.17, 15) is 14.7 Å². The minimum Gasteiger partial charge on any atom is -0.478 e. The smallest absolute Gasteiger partial charge is 0.336 e. The van der Waals surface area contributed by atoms with E-state index in [1.54, 1.807) is 26.0 Å². The average molecular weight is 277 g/mol. The number of nitrogens with one attached hydrogen (secondary N) is 1. The maximum absolute atomic E-state index is 12.5. The van der Waals surface area contributed by atoms with Crippen molar-refractivity contribution in [2.75, 3.05) is 13.2 Å². The predicted molar refractivity (Wildman–Crippen MR) is 74.2 cm³/mol. The normalized spacial score (nSPS) is 21.8. The van der Waals surface area contributed by atoms with Gasteiger partial charge in [0.05, 0.1) is 23.3 Å². The Bertz CT molecular complexity index is 559. The number of hydrogen-bond acceptors (Lipinski definition) is 3. The monoisotopic (exact) mass is 277 g/mol. The standard InChI is InChI=1S/C15H19NO4/c1-9-4-5-10(2)12(14(18)19)11(9)13(17)16-15(3)6-7-20-8-15/h4-5H,6-8H2,1-3H3,(H,16,17)(H,18,19). The molecule has 5 nitrogen and oxygen atoms in total. The topological polar surface area (TPSA) is 75.6 Å². The van der Waals surface area contributed by atoms with Crippen molar-refractivity contribution in [1.29, 1.82) is 0 Å². The third-order valence-electron chi connectivity index (χ3n) is 3.70. The minimum atomic E-state index is -1.08. The molecule has 0 spiro atoms. The molecule has 108 valence electrons. The van der Waals surface area contributed by atoms with Crippen molar-refractivity contribution in [3.63, 3.8) is 0 Å². The molecule has 1 aliphatic rings. The fourth-order valence-electron chi connectivity index (χ4n) is 2.48. The third-order valence-corrected chi connectivity index (χ3v) is 3.70. The van der Waals surface area contributed by atoms with E-state index in [-0.39, 0.29) is 17.0 Å². The van der Waals surface area contributed by atoms with Crippen molar-refractivity contribution in [2.45, 2.75) is 32.7 Å². The first-order valence-corrected chi connectivity index (χ1v) is 6.58. The number of carboxylic acid groups (broad SMARTS) is 1. The zero-order valence-electron chi connectivity index (χ0n) is 11.9. The van der Waals surface area contributed by atoms with Crippen molar-refractivity contribution in [2.24, 2.45) is 0 Å². The van der Waals surface area contributed by atoms with Crippen LogP contribution in [-0.2, 0) is 4.74 Å². The second-order valence-corrected chi connectivity index (χ2v) is 5.57. The summed E-state index contributed by atoms with van der Waals surface area (Å²) in [5, 5.41) is 12.2. The first-order chi connectivity index (χ1) is 9.34. The van der Waals surface area contributed by atoms with Crippen molar-refractivity contribution in [1.82, 2.24) is 5.32 Å². The van der Waals surface area contributed by atoms with Gasteiger partial charge in [0.1, 0.15) is 0 Å². The van der Waals surface area contributed by atoms with Crippen LogP contribution >= 0.6 is 0 Å². The number of aromatic carboxylic acids is 1. The van der Waals surface area contributed by atoms with Crippen LogP contribution in [-0.4, -0.2) is 35.7 Å². The molecule has 1 atom stereocenters. The number of carbonyl (C=O) groups is 2. The van der Waals surface area contributed by atoms with Crippen molar-refractivity contribution >= 4 is 11.9 Å². The largest absolute Gasteiger partial charge is 0.478 e. The molecule has 1 unspecified atom stereocenters. The van der Waals surface area contributed by atoms with Gasteiger partial charge in [-0.05, 0) is 38.3 Å². The van der Waals surface area contributed by atoms with E-state index >= 15 is 0 Å². The maximum Gasteiger partial charge on any atom is 0.336 e. The van der Waals surface area contributed by atoms with Gasteiger partial charge >= 0.3 is 5.97 Å². The van der Waals surface area contributed by atoms with Gasteiger partial charge in [0.15, 0.2) is 0 Å². The van der Waals surface area contributed by atoms with Crippen LogP contribution < -0.4 is 5.32 Å². The van der Waals surface area contributed by atoms with E-state index in [2.05, 4.69) is 5.32 Å². The molecule has 1 aromatic rings. The lowest BCUT2D eigenvalue weighted by molar-refractivity contribution is 0.0688. The van der Waals surface area contributed by atoms with Crippen LogP contribution in [0, 0.1) is 13.8 Å². The number of ether oxygens (including phenoxy) is 1. The summed E-state index contributed by atoms with van der Waals surface area (Å²) in [5.74, 6) is -1.43. The average Bonchev–Trinajstić information content (AvgIpc) is 2.77. The van der Waals surface area contributed by atoms with Gasteiger partial charge in [-0.2, -0.15) is 0 Å². The van der Waals surface area contributed by atoms with Gasteiger partial charge in [-0.1, -0.05) is 12.1 Å². The Morgan fingerprint density at radius 2 is 1.85 bits per heavy atom. The van der Waals surface area contributed by atoms with E-state index in [1.165, 1.54) is 0 Å². The predicted octanol–water partition coefficient (Wildman–Crippen LogP) is 1.91. The number of hydrogen-bond donors (Lipinski definition) is 2. The number of carboxylic acids is 1. The Morgan fingerprint density at radius 1 is 1.25 bits per heavy atom. The fraction of sp³-hybridized carbons (Fsp3) is 0.467. The lowest BCUT2D eigenvalue weighted by atomic mass is 9.94. The SMILES string of the molecule is Cc1ccc(C)c(C(=O)NC2(C)CCOC2)c1C(=O)O. The summed E-state index contributed by atoms with van der Waals surface area (Å²) in [5.41, 5.74) is 1.13. The van der Waals surface area contributed by atoms with Gasteiger partial charge < -0.3 is 15.2 Å². The molecule has 1 heterocycles. The summed E-state index contributed by atoms with van der Waals surface area (Å²) in [6.07, 6.45) is 0.728. The van der Waals surface area contributed by atoms with E-state index in [0.29, 0.717) is 24.3 Å². The molecule has 0 aromatic heterocycles. The maximum atomic E-state index is 12.5. The molecular formula is C15H19NO4. The van der Waals surface area contributed by atoms with Crippen molar-refractivity contribution in [3.05, 3.63) is 34.4 Å². The highest BCUT2D eigenvalue weighted by atomic mass is 16.5. The Balaban J connectivity index is 2.39. The molecule has 0 aliphatic carbocycles. The van der Waals surface area contributed by atoms with E-state index in [1.807, 2.05) is 6.92 Å². The number of aryl methyl sites for hydroxylation is 2. The van der Waals surface area contributed by atoms with Gasteiger partial charge in [-0.25, -0.2) is 4.79 Å². The molecule has 5 heteroatoms. The Kier molecular flexibility index (Phi) is 3.81. The molecule has 1 aromatic carbocycles. The summed E-state index contributed by atoms with van der Waals surface area (Å²) < 4.78 is 5.30. The van der Waals surface area contributed by atoms with Crippen molar-refractivity contribution < 1.29 is 19.4 Å². The fourth-order valence-corrected chi connectivity index (χ4v) is 2.48. The molecule has 0 radical (unpaired) electrons. The van der Waals surface area contributed by atoms with Crippen LogP contribution in [0.5, 0.6) is 0 Å². The number of amides is 1. The van der Waals surface area contributed by atoms with Crippen molar-refractivity contribution in [3.8, 4) is 0 Å². The van der Waals surface area contributed by atoms with E-state index in [0.717, 1.165) is 6.42 Å². The Morgan fingerprint density at radius 3 is 2.35 bits per heavy atom. The second-order valence-electron chi connectivity index (χ2n) is 5.57. The zero-order valence-corrected chi connectivity index (χ0v) is 11.9. The van der Waals surface area contributed by atoms with Crippen LogP contribution in [0.4, 0.5) is 0 Å². The lowest BCUT2D eigenvalue weighted by Gasteiger charge is -2.24. The molecule has 1 saturated heterocycles. The van der Waals surface area contributed by atoms with E-state index in [4.69, 9.17) is 4.74 Å². The van der Waals surface area contributed by atoms with Crippen LogP contribution in [0.25, 0.3) is 0 Å². The van der Waals surface area contributed by atoms with Gasteiger partial charge in [-0.3, -0.25) is 4.79 Å². The highest BCUT2D eigenvalue weighted by molar-refractivity contribution is 6.07. The summed E-state index contributed by atoms with van der Waals surface area (Å²) in [7, 11) is 0. The van der Waals surface area contributed by atoms with Crippen LogP contribution in [0.2, 0.25) is 0 Å². The lowest BCUT2D eigenvalue weighted by Crippen LogP contribution is -2.47. The van der Waals surface area contributed by atoms with Gasteiger partial charge in [0.25, 0.3) is 5.91 Å². The summed E-state index contributed by atoms with van der Waals surface area (Å²) in [6, 6.07) is 3.49. The molecule has 2 rings (SSSR count). The summed E-state index contributed by atoms with van der Waals surface area (Å²) in [4.78, 5) is 23.9. The highest BCUT2D eigenvalue weighted by Gasteiger charge is 2.33. The number of carbonyl (C=O) groups excluding carboxylic acids is 1. The molecule has 1 aliphatic heterocycles. The van der Waals surface area contributed by atoms with Crippen LogP contribution in [0.15, 0.2) is 12.1 Å². The quantitative estimate of drug-likeness (QED) is 0.885. The third kappa shape index (κ3) is 2.67. The molecule has 20 heavy (non-hydrogen) atoms. The second kappa shape index (κ2) is 5.25. The highest BCUT2D eigenvalue weighted by Crippen LogP contribution is 2.22. The molecule has 2 N–H and O–H groups in total. The molecule has 0 saturated carbocycles. The van der Waals surface area contributed by atoms with Gasteiger partial charge in [0, 0.05) is 6.61 Å². The Hall–Kier alpha value is -1.88. The van der Waals surface area contributed by atoms with Crippen LogP contribution in [0.1, 0.15) is 45.2 Å². The number of rotatable bonds is 3. The van der Waals surface area contributed by atoms with E-state index < -0.39 is 11.5 Å². The van der Waals surface area contributed by atoms with Gasteiger partial charge in [0.2, 0.25) is 0 Å². The first kappa shape index (κ1) is 14.5. The van der Waals surface area contributed by atoms with Gasteiger partial charge in [-0.15, -0.1) is 0 Å². The minimum absolute atomic E-state index is 0.0741. The molecular weight excluding hydrogens is 258 g/mol. The summed E-state index contributed by atoms with van der Waals surface area (Å²) >= 11 is 0. The number of benzene rings is 1.